The molecule has 90 valence electrons. The van der Waals surface area contributed by atoms with Gasteiger partial charge in [0.1, 0.15) is 0 Å². The van der Waals surface area contributed by atoms with Crippen molar-refractivity contribution in [2.45, 2.75) is 19.8 Å². The summed E-state index contributed by atoms with van der Waals surface area (Å²) in [5, 5.41) is 9.06. The molecule has 1 atom stereocenters. The molecular weight excluding hydrogens is 248 g/mol. The summed E-state index contributed by atoms with van der Waals surface area (Å²) in [6, 6.07) is 2.17. The Labute approximate surface area is 110 Å². The van der Waals surface area contributed by atoms with Gasteiger partial charge in [0.05, 0.1) is 15.6 Å². The first-order valence-electron chi connectivity index (χ1n) is 6.02. The van der Waals surface area contributed by atoms with Crippen LogP contribution in [0.15, 0.2) is 16.8 Å². The Morgan fingerprint density at radius 3 is 3.12 bits per heavy atom. The first kappa shape index (κ1) is 11.4. The lowest BCUT2D eigenvalue weighted by Crippen LogP contribution is -2.10. The summed E-state index contributed by atoms with van der Waals surface area (Å²) in [6.07, 6.45) is 2.44. The molecule has 0 saturated carbocycles. The molecule has 1 N–H and O–H groups in total. The van der Waals surface area contributed by atoms with Crippen molar-refractivity contribution >= 4 is 22.7 Å². The van der Waals surface area contributed by atoms with Crippen molar-refractivity contribution in [3.05, 3.63) is 27.4 Å². The minimum absolute atomic E-state index is 0.790. The minimum Gasteiger partial charge on any atom is -0.316 e. The first-order chi connectivity index (χ1) is 8.33. The van der Waals surface area contributed by atoms with Crippen LogP contribution in [0, 0.1) is 12.8 Å². The molecule has 0 amide bonds. The highest BCUT2D eigenvalue weighted by Crippen LogP contribution is 2.30. The summed E-state index contributed by atoms with van der Waals surface area (Å²) in [7, 11) is 0. The van der Waals surface area contributed by atoms with Crippen molar-refractivity contribution in [3.63, 3.8) is 0 Å². The Morgan fingerprint density at radius 1 is 1.47 bits per heavy atom. The van der Waals surface area contributed by atoms with Gasteiger partial charge in [-0.2, -0.15) is 0 Å². The summed E-state index contributed by atoms with van der Waals surface area (Å²) in [4.78, 5) is 6.11. The van der Waals surface area contributed by atoms with E-state index in [2.05, 4.69) is 29.1 Å². The Morgan fingerprint density at radius 2 is 2.41 bits per heavy atom. The van der Waals surface area contributed by atoms with Crippen LogP contribution in [0.25, 0.3) is 10.6 Å². The van der Waals surface area contributed by atoms with Crippen molar-refractivity contribution in [1.82, 2.24) is 10.3 Å². The molecule has 1 fully saturated rings. The smallest absolute Gasteiger partial charge is 0.0936 e. The molecule has 2 aromatic heterocycles. The third-order valence-corrected chi connectivity index (χ3v) is 5.18. The number of thiophene rings is 1. The van der Waals surface area contributed by atoms with Crippen LogP contribution in [-0.2, 0) is 6.42 Å². The van der Waals surface area contributed by atoms with Crippen LogP contribution in [0.2, 0.25) is 0 Å². The van der Waals surface area contributed by atoms with Crippen molar-refractivity contribution in [2.75, 3.05) is 13.1 Å². The predicted molar refractivity (Wildman–Crippen MR) is 74.8 cm³/mol. The zero-order valence-electron chi connectivity index (χ0n) is 9.90. The minimum atomic E-state index is 0.790. The molecule has 0 spiro atoms. The number of thiazole rings is 1. The maximum Gasteiger partial charge on any atom is 0.0936 e. The molecule has 1 saturated heterocycles. The van der Waals surface area contributed by atoms with Gasteiger partial charge in [-0.15, -0.1) is 22.7 Å². The highest BCUT2D eigenvalue weighted by atomic mass is 32.1. The van der Waals surface area contributed by atoms with Gasteiger partial charge in [0.2, 0.25) is 0 Å². The van der Waals surface area contributed by atoms with Gasteiger partial charge in [0, 0.05) is 11.8 Å². The van der Waals surface area contributed by atoms with E-state index in [0.717, 1.165) is 18.9 Å². The lowest BCUT2D eigenvalue weighted by atomic mass is 10.1. The van der Waals surface area contributed by atoms with Gasteiger partial charge in [-0.3, -0.25) is 0 Å². The monoisotopic (exact) mass is 264 g/mol. The SMILES string of the molecule is Cc1ccsc1-c1csc(CC2CCNC2)n1. The van der Waals surface area contributed by atoms with Gasteiger partial charge >= 0.3 is 0 Å². The van der Waals surface area contributed by atoms with Crippen LogP contribution < -0.4 is 5.32 Å². The van der Waals surface area contributed by atoms with E-state index in [0.29, 0.717) is 0 Å². The van der Waals surface area contributed by atoms with E-state index in [4.69, 9.17) is 4.98 Å². The van der Waals surface area contributed by atoms with Crippen molar-refractivity contribution in [1.29, 1.82) is 0 Å². The second kappa shape index (κ2) is 4.88. The predicted octanol–water partition coefficient (Wildman–Crippen LogP) is 3.33. The van der Waals surface area contributed by atoms with Gasteiger partial charge in [0.15, 0.2) is 0 Å². The summed E-state index contributed by atoms with van der Waals surface area (Å²) in [5.41, 5.74) is 2.51. The molecule has 1 unspecified atom stereocenters. The molecule has 1 aliphatic heterocycles. The van der Waals surface area contributed by atoms with E-state index in [1.807, 2.05) is 11.3 Å². The first-order valence-corrected chi connectivity index (χ1v) is 7.78. The molecule has 0 aromatic carbocycles. The summed E-state index contributed by atoms with van der Waals surface area (Å²) in [5.74, 6) is 0.790. The number of hydrogen-bond donors (Lipinski definition) is 1. The highest BCUT2D eigenvalue weighted by molar-refractivity contribution is 7.14. The Hall–Kier alpha value is -0.710. The van der Waals surface area contributed by atoms with E-state index in [9.17, 15) is 0 Å². The van der Waals surface area contributed by atoms with Gasteiger partial charge in [-0.1, -0.05) is 0 Å². The molecule has 0 bridgehead atoms. The third kappa shape index (κ3) is 2.44. The molecule has 0 aliphatic carbocycles. The zero-order chi connectivity index (χ0) is 11.7. The van der Waals surface area contributed by atoms with Crippen LogP contribution in [0.1, 0.15) is 17.0 Å². The van der Waals surface area contributed by atoms with E-state index < -0.39 is 0 Å². The molecule has 3 rings (SSSR count). The Balaban J connectivity index is 1.76. The summed E-state index contributed by atoms with van der Waals surface area (Å²) >= 11 is 3.60. The maximum atomic E-state index is 4.78. The molecule has 17 heavy (non-hydrogen) atoms. The number of nitrogens with one attached hydrogen (secondary N) is 1. The van der Waals surface area contributed by atoms with Gasteiger partial charge in [-0.25, -0.2) is 4.98 Å². The normalized spacial score (nSPS) is 19.9. The number of aryl methyl sites for hydroxylation is 1. The molecular formula is C13H16N2S2. The lowest BCUT2D eigenvalue weighted by Gasteiger charge is -2.03. The third-order valence-electron chi connectivity index (χ3n) is 3.27. The number of aromatic nitrogens is 1. The van der Waals surface area contributed by atoms with Gasteiger partial charge in [-0.05, 0) is 49.4 Å². The van der Waals surface area contributed by atoms with E-state index in [1.165, 1.54) is 34.1 Å². The van der Waals surface area contributed by atoms with Crippen molar-refractivity contribution in [3.8, 4) is 10.6 Å². The maximum absolute atomic E-state index is 4.78. The Kier molecular flexibility index (Phi) is 3.27. The molecule has 2 aromatic rings. The summed E-state index contributed by atoms with van der Waals surface area (Å²) < 4.78 is 0. The quantitative estimate of drug-likeness (QED) is 0.920. The van der Waals surface area contributed by atoms with E-state index in [-0.39, 0.29) is 0 Å². The summed E-state index contributed by atoms with van der Waals surface area (Å²) in [6.45, 7) is 4.49. The average molecular weight is 264 g/mol. The molecule has 4 heteroatoms. The largest absolute Gasteiger partial charge is 0.316 e. The fraction of sp³-hybridized carbons (Fsp3) is 0.462. The second-order valence-electron chi connectivity index (χ2n) is 4.62. The fourth-order valence-corrected chi connectivity index (χ4v) is 4.14. The zero-order valence-corrected chi connectivity index (χ0v) is 11.5. The average Bonchev–Trinajstić information content (AvgIpc) is 3.00. The standard InChI is InChI=1S/C13H16N2S2/c1-9-3-5-16-13(9)11-8-17-12(15-11)6-10-2-4-14-7-10/h3,5,8,10,14H,2,4,6-7H2,1H3. The number of rotatable bonds is 3. The Bertz CT molecular complexity index is 495. The van der Waals surface area contributed by atoms with Crippen LogP contribution in [-0.4, -0.2) is 18.1 Å². The van der Waals surface area contributed by atoms with E-state index >= 15 is 0 Å². The van der Waals surface area contributed by atoms with Gasteiger partial charge < -0.3 is 5.32 Å². The van der Waals surface area contributed by atoms with Crippen molar-refractivity contribution < 1.29 is 0 Å². The van der Waals surface area contributed by atoms with Crippen LogP contribution in [0.3, 0.4) is 0 Å². The fourth-order valence-electron chi connectivity index (χ4n) is 2.28. The number of hydrogen-bond acceptors (Lipinski definition) is 4. The number of nitrogens with zero attached hydrogens (tertiary/aromatic N) is 1. The molecule has 3 heterocycles. The van der Waals surface area contributed by atoms with Crippen LogP contribution in [0.4, 0.5) is 0 Å². The van der Waals surface area contributed by atoms with Crippen LogP contribution >= 0.6 is 22.7 Å². The lowest BCUT2D eigenvalue weighted by molar-refractivity contribution is 0.578. The van der Waals surface area contributed by atoms with Gasteiger partial charge in [0.25, 0.3) is 0 Å². The molecule has 1 aliphatic rings. The second-order valence-corrected chi connectivity index (χ2v) is 6.48. The molecule has 2 nitrogen and oxygen atoms in total. The topological polar surface area (TPSA) is 24.9 Å². The van der Waals surface area contributed by atoms with Crippen LogP contribution in [0.5, 0.6) is 0 Å². The van der Waals surface area contributed by atoms with Crippen molar-refractivity contribution in [2.24, 2.45) is 5.92 Å². The van der Waals surface area contributed by atoms with E-state index in [1.54, 1.807) is 11.3 Å². The molecule has 0 radical (unpaired) electrons. The highest BCUT2D eigenvalue weighted by Gasteiger charge is 2.17.